The predicted molar refractivity (Wildman–Crippen MR) is 82.3 cm³/mol. The van der Waals surface area contributed by atoms with Gasteiger partial charge in [-0.05, 0) is 29.7 Å². The second-order valence-corrected chi connectivity index (χ2v) is 3.73. The topological polar surface area (TPSA) is 56.2 Å². The van der Waals surface area contributed by atoms with Crippen LogP contribution in [-0.4, -0.2) is 21.5 Å². The Balaban J connectivity index is 0.000000741. The van der Waals surface area contributed by atoms with Crippen LogP contribution in [0.3, 0.4) is 0 Å². The molecule has 0 spiro atoms. The molecule has 1 aromatic carbocycles. The third kappa shape index (κ3) is 5.05. The van der Waals surface area contributed by atoms with Crippen LogP contribution in [0.25, 0.3) is 10.9 Å². The maximum atomic E-state index is 8.95. The Morgan fingerprint density at radius 2 is 1.74 bits per heavy atom. The molecule has 1 heterocycles. The van der Waals surface area contributed by atoms with E-state index in [0.717, 1.165) is 22.9 Å². The molecule has 0 amide bonds. The van der Waals surface area contributed by atoms with Gasteiger partial charge in [-0.15, -0.1) is 0 Å². The number of aromatic nitrogens is 1. The number of aliphatic hydroxyl groups is 2. The van der Waals surface area contributed by atoms with Gasteiger partial charge >= 0.3 is 0 Å². The van der Waals surface area contributed by atoms with Crippen LogP contribution in [0.5, 0.6) is 0 Å². The first-order valence-electron chi connectivity index (χ1n) is 7.15. The molecule has 1 aromatic heterocycles. The van der Waals surface area contributed by atoms with Gasteiger partial charge in [-0.25, -0.2) is 0 Å². The number of hydrogen-bond acceptors (Lipinski definition) is 2. The fraction of sp³-hybridized carbons (Fsp3) is 0.500. The van der Waals surface area contributed by atoms with Gasteiger partial charge in [-0.2, -0.15) is 0 Å². The summed E-state index contributed by atoms with van der Waals surface area (Å²) in [5.41, 5.74) is 3.26. The number of aromatic amines is 1. The molecule has 2 aromatic rings. The summed E-state index contributed by atoms with van der Waals surface area (Å²) in [6.45, 7) is 10.1. The summed E-state index contributed by atoms with van der Waals surface area (Å²) in [4.78, 5) is 3.12. The minimum absolute atomic E-state index is 0.271. The Morgan fingerprint density at radius 3 is 2.26 bits per heavy atom. The van der Waals surface area contributed by atoms with Crippen molar-refractivity contribution in [3.05, 3.63) is 35.5 Å². The molecular formula is C16H27NO2. The second-order valence-electron chi connectivity index (χ2n) is 3.73. The van der Waals surface area contributed by atoms with Gasteiger partial charge in [0.15, 0.2) is 6.29 Å². The first-order valence-corrected chi connectivity index (χ1v) is 7.15. The lowest BCUT2D eigenvalue weighted by Gasteiger charge is -2.02. The van der Waals surface area contributed by atoms with Gasteiger partial charge in [-0.1, -0.05) is 40.7 Å². The lowest BCUT2D eigenvalue weighted by molar-refractivity contribution is -0.0379. The van der Waals surface area contributed by atoms with Crippen molar-refractivity contribution >= 4 is 10.9 Å². The van der Waals surface area contributed by atoms with Gasteiger partial charge < -0.3 is 15.2 Å². The van der Waals surface area contributed by atoms with Gasteiger partial charge in [0.05, 0.1) is 0 Å². The first kappa shape index (κ1) is 17.7. The van der Waals surface area contributed by atoms with Gasteiger partial charge in [0.2, 0.25) is 0 Å². The van der Waals surface area contributed by atoms with Gasteiger partial charge in [0, 0.05) is 23.5 Å². The Labute approximate surface area is 116 Å². The van der Waals surface area contributed by atoms with Crippen LogP contribution in [-0.2, 0) is 12.8 Å². The molecule has 0 unspecified atom stereocenters. The van der Waals surface area contributed by atoms with Crippen LogP contribution in [0, 0.1) is 0 Å². The highest BCUT2D eigenvalue weighted by atomic mass is 16.5. The molecule has 19 heavy (non-hydrogen) atoms. The van der Waals surface area contributed by atoms with Crippen molar-refractivity contribution < 1.29 is 10.2 Å². The largest absolute Gasteiger partial charge is 0.368 e. The van der Waals surface area contributed by atoms with E-state index in [-0.39, 0.29) is 6.42 Å². The Hall–Kier alpha value is -1.32. The average Bonchev–Trinajstić information content (AvgIpc) is 2.85. The monoisotopic (exact) mass is 265 g/mol. The highest BCUT2D eigenvalue weighted by Crippen LogP contribution is 2.21. The average molecular weight is 265 g/mol. The van der Waals surface area contributed by atoms with E-state index < -0.39 is 6.29 Å². The zero-order chi connectivity index (χ0) is 14.8. The molecule has 0 aliphatic heterocycles. The van der Waals surface area contributed by atoms with E-state index >= 15 is 0 Å². The highest BCUT2D eigenvalue weighted by molar-refractivity contribution is 5.83. The molecule has 3 nitrogen and oxygen atoms in total. The molecule has 2 rings (SSSR count). The van der Waals surface area contributed by atoms with E-state index in [1.165, 1.54) is 5.56 Å². The first-order chi connectivity index (χ1) is 9.20. The van der Waals surface area contributed by atoms with Crippen LogP contribution >= 0.6 is 0 Å². The molecule has 3 N–H and O–H groups in total. The predicted octanol–water partition coefficient (Wildman–Crippen LogP) is 3.64. The Bertz CT molecular complexity index is 461. The van der Waals surface area contributed by atoms with Crippen molar-refractivity contribution in [3.8, 4) is 0 Å². The third-order valence-electron chi connectivity index (χ3n) is 2.64. The maximum Gasteiger partial charge on any atom is 0.155 e. The zero-order valence-corrected chi connectivity index (χ0v) is 12.7. The fourth-order valence-electron chi connectivity index (χ4n) is 1.81. The van der Waals surface area contributed by atoms with Crippen LogP contribution in [0.15, 0.2) is 24.4 Å². The number of benzene rings is 1. The van der Waals surface area contributed by atoms with E-state index in [9.17, 15) is 0 Å². The van der Waals surface area contributed by atoms with E-state index in [2.05, 4.69) is 24.0 Å². The quantitative estimate of drug-likeness (QED) is 0.742. The summed E-state index contributed by atoms with van der Waals surface area (Å²) in [6, 6.07) is 6.21. The van der Waals surface area contributed by atoms with Crippen molar-refractivity contribution in [2.75, 3.05) is 0 Å². The number of hydrogen-bond donors (Lipinski definition) is 3. The summed E-state index contributed by atoms with van der Waals surface area (Å²) < 4.78 is 0. The molecule has 0 saturated heterocycles. The van der Waals surface area contributed by atoms with Crippen molar-refractivity contribution in [1.29, 1.82) is 0 Å². The molecule has 0 radical (unpaired) electrons. The normalized spacial score (nSPS) is 9.68. The molecule has 0 atom stereocenters. The minimum atomic E-state index is -1.28. The van der Waals surface area contributed by atoms with Gasteiger partial charge in [0.25, 0.3) is 0 Å². The van der Waals surface area contributed by atoms with Crippen molar-refractivity contribution in [2.24, 2.45) is 0 Å². The van der Waals surface area contributed by atoms with E-state index in [4.69, 9.17) is 10.2 Å². The summed E-state index contributed by atoms with van der Waals surface area (Å²) in [6.07, 6.45) is 1.81. The summed E-state index contributed by atoms with van der Waals surface area (Å²) in [7, 11) is 0. The molecular weight excluding hydrogens is 238 g/mol. The SMILES string of the molecule is CC.CC.CCc1ccc2[nH]cc(CC(O)O)c2c1. The minimum Gasteiger partial charge on any atom is -0.368 e. The van der Waals surface area contributed by atoms with Crippen LogP contribution in [0.4, 0.5) is 0 Å². The number of fused-ring (bicyclic) bond motifs is 1. The van der Waals surface area contributed by atoms with E-state index in [1.54, 1.807) is 0 Å². The van der Waals surface area contributed by atoms with Gasteiger partial charge in [0.1, 0.15) is 0 Å². The van der Waals surface area contributed by atoms with Crippen molar-refractivity contribution in [2.45, 2.75) is 53.8 Å². The number of nitrogens with one attached hydrogen (secondary N) is 1. The zero-order valence-electron chi connectivity index (χ0n) is 12.7. The van der Waals surface area contributed by atoms with Crippen LogP contribution < -0.4 is 0 Å². The number of aryl methyl sites for hydroxylation is 1. The molecule has 0 aliphatic rings. The number of H-pyrrole nitrogens is 1. The van der Waals surface area contributed by atoms with Gasteiger partial charge in [-0.3, -0.25) is 0 Å². The van der Waals surface area contributed by atoms with E-state index in [0.29, 0.717) is 0 Å². The highest BCUT2D eigenvalue weighted by Gasteiger charge is 2.07. The Morgan fingerprint density at radius 1 is 1.11 bits per heavy atom. The second kappa shape index (κ2) is 9.59. The summed E-state index contributed by atoms with van der Waals surface area (Å²) in [5.74, 6) is 0. The summed E-state index contributed by atoms with van der Waals surface area (Å²) in [5, 5.41) is 19.0. The third-order valence-corrected chi connectivity index (χ3v) is 2.64. The smallest absolute Gasteiger partial charge is 0.155 e. The van der Waals surface area contributed by atoms with Crippen LogP contribution in [0.2, 0.25) is 0 Å². The lowest BCUT2D eigenvalue weighted by atomic mass is 10.1. The molecule has 0 fully saturated rings. The van der Waals surface area contributed by atoms with Crippen molar-refractivity contribution in [3.63, 3.8) is 0 Å². The lowest BCUT2D eigenvalue weighted by Crippen LogP contribution is -2.07. The molecule has 108 valence electrons. The molecule has 0 aliphatic carbocycles. The fourth-order valence-corrected chi connectivity index (χ4v) is 1.81. The number of rotatable bonds is 3. The van der Waals surface area contributed by atoms with Crippen molar-refractivity contribution in [1.82, 2.24) is 4.98 Å². The molecule has 0 saturated carbocycles. The maximum absolute atomic E-state index is 8.95. The van der Waals surface area contributed by atoms with E-state index in [1.807, 2.05) is 40.0 Å². The number of aliphatic hydroxyl groups excluding tert-OH is 1. The summed E-state index contributed by atoms with van der Waals surface area (Å²) >= 11 is 0. The molecule has 0 bridgehead atoms. The standard InChI is InChI=1S/C12H15NO2.2C2H6/c1-2-8-3-4-11-10(5-8)9(7-13-11)6-12(14)15;2*1-2/h3-5,7,12-15H,2,6H2,1H3;2*1-2H3. The Kier molecular flexibility index (Phi) is 8.92. The molecule has 3 heteroatoms. The van der Waals surface area contributed by atoms with Crippen LogP contribution in [0.1, 0.15) is 45.7 Å².